The summed E-state index contributed by atoms with van der Waals surface area (Å²) in [6, 6.07) is 8.18. The highest BCUT2D eigenvalue weighted by Gasteiger charge is 2.23. The van der Waals surface area contributed by atoms with Crippen molar-refractivity contribution in [1.82, 2.24) is 14.5 Å². The van der Waals surface area contributed by atoms with Crippen molar-refractivity contribution < 1.29 is 4.79 Å². The molecule has 2 aromatic rings. The zero-order valence-electron chi connectivity index (χ0n) is 11.3. The summed E-state index contributed by atoms with van der Waals surface area (Å²) in [6.07, 6.45) is 0.868. The average molecular weight is 255 g/mol. The Balaban J connectivity index is 2.18. The highest BCUT2D eigenvalue weighted by Crippen LogP contribution is 2.27. The highest BCUT2D eigenvalue weighted by molar-refractivity contribution is 5.76. The molecular formula is C15H17N3O. The van der Waals surface area contributed by atoms with Gasteiger partial charge in [-0.25, -0.2) is 4.98 Å². The predicted molar refractivity (Wildman–Crippen MR) is 74.1 cm³/mol. The van der Waals surface area contributed by atoms with E-state index in [0.29, 0.717) is 5.69 Å². The van der Waals surface area contributed by atoms with E-state index in [1.807, 2.05) is 12.1 Å². The number of carbonyl (C=O) groups excluding carboxylic acids is 1. The molecule has 98 valence electrons. The molecule has 0 N–H and O–H groups in total. The third-order valence-corrected chi connectivity index (χ3v) is 3.73. The zero-order valence-corrected chi connectivity index (χ0v) is 11.3. The number of nitrogens with zero attached hydrogens (tertiary/aromatic N) is 3. The molecule has 0 spiro atoms. The summed E-state index contributed by atoms with van der Waals surface area (Å²) in [4.78, 5) is 18.0. The largest absolute Gasteiger partial charge is 0.325 e. The third kappa shape index (κ3) is 1.98. The zero-order chi connectivity index (χ0) is 13.4. The van der Waals surface area contributed by atoms with E-state index in [1.165, 1.54) is 5.56 Å². The van der Waals surface area contributed by atoms with Gasteiger partial charge in [0.2, 0.25) is 0 Å². The van der Waals surface area contributed by atoms with Crippen LogP contribution in [0.4, 0.5) is 0 Å². The van der Waals surface area contributed by atoms with Gasteiger partial charge in [0.05, 0.1) is 5.69 Å². The molecule has 2 heterocycles. The van der Waals surface area contributed by atoms with Crippen LogP contribution in [-0.2, 0) is 13.1 Å². The fraction of sp³-hybridized carbons (Fsp3) is 0.333. The van der Waals surface area contributed by atoms with E-state index in [9.17, 15) is 4.79 Å². The molecule has 1 aliphatic rings. The molecule has 0 aliphatic carbocycles. The molecule has 0 bridgehead atoms. The highest BCUT2D eigenvalue weighted by atomic mass is 16.1. The van der Waals surface area contributed by atoms with Crippen LogP contribution in [0.25, 0.3) is 11.4 Å². The Bertz CT molecular complexity index is 630. The molecule has 0 unspecified atom stereocenters. The van der Waals surface area contributed by atoms with Crippen LogP contribution in [0.3, 0.4) is 0 Å². The van der Waals surface area contributed by atoms with E-state index in [2.05, 4.69) is 40.6 Å². The first-order chi connectivity index (χ1) is 9.20. The van der Waals surface area contributed by atoms with Crippen molar-refractivity contribution in [2.75, 3.05) is 13.6 Å². The number of hydrogen-bond donors (Lipinski definition) is 0. The fourth-order valence-corrected chi connectivity index (χ4v) is 2.64. The van der Waals surface area contributed by atoms with Gasteiger partial charge in [-0.15, -0.1) is 0 Å². The Morgan fingerprint density at radius 2 is 2.05 bits per heavy atom. The molecule has 0 atom stereocenters. The van der Waals surface area contributed by atoms with E-state index in [4.69, 9.17) is 0 Å². The third-order valence-electron chi connectivity index (χ3n) is 3.73. The van der Waals surface area contributed by atoms with E-state index < -0.39 is 0 Å². The van der Waals surface area contributed by atoms with Crippen molar-refractivity contribution in [1.29, 1.82) is 0 Å². The SMILES string of the molecule is Cc1ccccc1-c1nc(C=O)c2n1CCN(C)C2. The summed E-state index contributed by atoms with van der Waals surface area (Å²) in [7, 11) is 2.07. The monoisotopic (exact) mass is 255 g/mol. The van der Waals surface area contributed by atoms with Gasteiger partial charge in [0.1, 0.15) is 11.5 Å². The lowest BCUT2D eigenvalue weighted by Gasteiger charge is -2.25. The molecule has 4 heteroatoms. The van der Waals surface area contributed by atoms with Gasteiger partial charge < -0.3 is 4.57 Å². The summed E-state index contributed by atoms with van der Waals surface area (Å²) in [5, 5.41) is 0. The fourth-order valence-electron chi connectivity index (χ4n) is 2.64. The Morgan fingerprint density at radius 1 is 1.26 bits per heavy atom. The Morgan fingerprint density at radius 3 is 2.79 bits per heavy atom. The van der Waals surface area contributed by atoms with Crippen molar-refractivity contribution in [2.45, 2.75) is 20.0 Å². The number of benzene rings is 1. The number of hydrogen-bond acceptors (Lipinski definition) is 3. The molecule has 0 saturated carbocycles. The summed E-state index contributed by atoms with van der Waals surface area (Å²) in [6.45, 7) is 4.73. The van der Waals surface area contributed by atoms with Crippen LogP contribution in [-0.4, -0.2) is 34.3 Å². The number of imidazole rings is 1. The van der Waals surface area contributed by atoms with Crippen molar-refractivity contribution in [3.05, 3.63) is 41.2 Å². The van der Waals surface area contributed by atoms with Crippen molar-refractivity contribution in [3.8, 4) is 11.4 Å². The number of fused-ring (bicyclic) bond motifs is 1. The average Bonchev–Trinajstić information content (AvgIpc) is 2.77. The van der Waals surface area contributed by atoms with E-state index in [-0.39, 0.29) is 0 Å². The minimum atomic E-state index is 0.574. The first kappa shape index (κ1) is 12.1. The Hall–Kier alpha value is -1.94. The van der Waals surface area contributed by atoms with Crippen LogP contribution in [0.15, 0.2) is 24.3 Å². The summed E-state index contributed by atoms with van der Waals surface area (Å²) < 4.78 is 2.19. The maximum absolute atomic E-state index is 11.2. The van der Waals surface area contributed by atoms with E-state index in [0.717, 1.165) is 43.0 Å². The van der Waals surface area contributed by atoms with Crippen molar-refractivity contribution in [3.63, 3.8) is 0 Å². The quantitative estimate of drug-likeness (QED) is 0.771. The van der Waals surface area contributed by atoms with Gasteiger partial charge in [0.25, 0.3) is 0 Å². The van der Waals surface area contributed by atoms with Gasteiger partial charge in [-0.1, -0.05) is 24.3 Å². The summed E-state index contributed by atoms with van der Waals surface area (Å²) >= 11 is 0. The van der Waals surface area contributed by atoms with Crippen molar-refractivity contribution >= 4 is 6.29 Å². The number of carbonyl (C=O) groups is 1. The van der Waals surface area contributed by atoms with Gasteiger partial charge in [-0.2, -0.15) is 0 Å². The van der Waals surface area contributed by atoms with Crippen LogP contribution in [0.2, 0.25) is 0 Å². The predicted octanol–water partition coefficient (Wildman–Crippen LogP) is 2.12. The minimum Gasteiger partial charge on any atom is -0.325 e. The summed E-state index contributed by atoms with van der Waals surface area (Å²) in [5.74, 6) is 0.920. The molecular weight excluding hydrogens is 238 g/mol. The van der Waals surface area contributed by atoms with Gasteiger partial charge in [0, 0.05) is 25.2 Å². The van der Waals surface area contributed by atoms with Crippen molar-refractivity contribution in [2.24, 2.45) is 0 Å². The second-order valence-electron chi connectivity index (χ2n) is 5.09. The van der Waals surface area contributed by atoms with Crippen LogP contribution < -0.4 is 0 Å². The number of aryl methyl sites for hydroxylation is 1. The van der Waals surface area contributed by atoms with E-state index in [1.54, 1.807) is 0 Å². The molecule has 0 radical (unpaired) electrons. The molecule has 1 aliphatic heterocycles. The minimum absolute atomic E-state index is 0.574. The van der Waals surface area contributed by atoms with Crippen LogP contribution in [0.1, 0.15) is 21.7 Å². The second kappa shape index (κ2) is 4.63. The molecule has 1 aromatic heterocycles. The number of likely N-dealkylation sites (N-methyl/N-ethyl adjacent to an activating group) is 1. The first-order valence-corrected chi connectivity index (χ1v) is 6.50. The molecule has 19 heavy (non-hydrogen) atoms. The van der Waals surface area contributed by atoms with Crippen LogP contribution in [0.5, 0.6) is 0 Å². The van der Waals surface area contributed by atoms with Crippen LogP contribution >= 0.6 is 0 Å². The van der Waals surface area contributed by atoms with Gasteiger partial charge in [-0.3, -0.25) is 9.69 Å². The first-order valence-electron chi connectivity index (χ1n) is 6.50. The Labute approximate surface area is 112 Å². The topological polar surface area (TPSA) is 38.1 Å². The number of aromatic nitrogens is 2. The molecule has 0 amide bonds. The van der Waals surface area contributed by atoms with Gasteiger partial charge >= 0.3 is 0 Å². The maximum Gasteiger partial charge on any atom is 0.170 e. The smallest absolute Gasteiger partial charge is 0.170 e. The normalized spacial score (nSPS) is 15.3. The lowest BCUT2D eigenvalue weighted by molar-refractivity contribution is 0.111. The van der Waals surface area contributed by atoms with E-state index >= 15 is 0 Å². The lowest BCUT2D eigenvalue weighted by Crippen LogP contribution is -2.30. The number of rotatable bonds is 2. The van der Waals surface area contributed by atoms with Gasteiger partial charge in [-0.05, 0) is 19.5 Å². The second-order valence-corrected chi connectivity index (χ2v) is 5.09. The molecule has 1 aromatic carbocycles. The maximum atomic E-state index is 11.2. The van der Waals surface area contributed by atoms with Gasteiger partial charge in [0.15, 0.2) is 6.29 Å². The number of aldehydes is 1. The molecule has 4 nitrogen and oxygen atoms in total. The lowest BCUT2D eigenvalue weighted by atomic mass is 10.1. The summed E-state index contributed by atoms with van der Waals surface area (Å²) in [5.41, 5.74) is 3.90. The molecule has 0 saturated heterocycles. The molecule has 3 rings (SSSR count). The Kier molecular flexibility index (Phi) is 2.95. The van der Waals surface area contributed by atoms with Crippen LogP contribution in [0, 0.1) is 6.92 Å². The standard InChI is InChI=1S/C15H17N3O/c1-11-5-3-4-6-12(11)15-16-13(10-19)14-9-17(2)7-8-18(14)15/h3-6,10H,7-9H2,1-2H3. The molecule has 0 fully saturated rings.